The zero-order valence-corrected chi connectivity index (χ0v) is 17.6. The first-order valence-electron chi connectivity index (χ1n) is 9.28. The molecule has 3 rings (SSSR count). The zero-order valence-electron chi connectivity index (χ0n) is 16.8. The third-order valence-corrected chi connectivity index (χ3v) is 5.81. The van der Waals surface area contributed by atoms with E-state index >= 15 is 0 Å². The minimum absolute atomic E-state index is 0.0698. The standard InChI is InChI=1S/C23H22N2O4S/c1-25(14-20(24)26)21(27)13-17-12-19(30-23(17)16-6-4-3-5-7-16)22(28)15-8-10-18(29-2)11-9-15/h3-12H,13-14H2,1-2H3,(H2,24,26). The van der Waals surface area contributed by atoms with Gasteiger partial charge in [0.15, 0.2) is 0 Å². The predicted molar refractivity (Wildman–Crippen MR) is 117 cm³/mol. The van der Waals surface area contributed by atoms with Crippen LogP contribution in [0.4, 0.5) is 0 Å². The first-order valence-corrected chi connectivity index (χ1v) is 10.1. The van der Waals surface area contributed by atoms with Gasteiger partial charge in [-0.3, -0.25) is 14.4 Å². The van der Waals surface area contributed by atoms with E-state index in [2.05, 4.69) is 0 Å². The SMILES string of the molecule is COc1ccc(C(=O)c2cc(CC(=O)N(C)CC(N)=O)c(-c3ccccc3)s2)cc1. The summed E-state index contributed by atoms with van der Waals surface area (Å²) >= 11 is 1.35. The maximum absolute atomic E-state index is 13.0. The van der Waals surface area contributed by atoms with Crippen molar-refractivity contribution in [2.24, 2.45) is 5.73 Å². The van der Waals surface area contributed by atoms with Crippen molar-refractivity contribution in [1.29, 1.82) is 0 Å². The molecule has 0 aliphatic carbocycles. The number of methoxy groups -OCH3 is 1. The number of carbonyl (C=O) groups excluding carboxylic acids is 3. The number of nitrogens with zero attached hydrogens (tertiary/aromatic N) is 1. The lowest BCUT2D eigenvalue weighted by atomic mass is 10.0. The third kappa shape index (κ3) is 4.93. The van der Waals surface area contributed by atoms with E-state index in [-0.39, 0.29) is 24.7 Å². The number of rotatable bonds is 8. The Morgan fingerprint density at radius 2 is 1.70 bits per heavy atom. The molecule has 7 heteroatoms. The molecule has 0 unspecified atom stereocenters. The lowest BCUT2D eigenvalue weighted by Gasteiger charge is -2.15. The number of thiophene rings is 1. The molecule has 3 aromatic rings. The molecule has 0 radical (unpaired) electrons. The van der Waals surface area contributed by atoms with Gasteiger partial charge in [0.1, 0.15) is 5.75 Å². The minimum atomic E-state index is -0.574. The molecular weight excluding hydrogens is 400 g/mol. The topological polar surface area (TPSA) is 89.7 Å². The average Bonchev–Trinajstić information content (AvgIpc) is 3.17. The summed E-state index contributed by atoms with van der Waals surface area (Å²) in [6, 6.07) is 18.3. The Hall–Kier alpha value is -3.45. The van der Waals surface area contributed by atoms with Crippen molar-refractivity contribution in [3.63, 3.8) is 0 Å². The molecule has 2 aromatic carbocycles. The van der Waals surface area contributed by atoms with Crippen molar-refractivity contribution in [3.05, 3.63) is 76.7 Å². The zero-order chi connectivity index (χ0) is 21.7. The molecule has 1 aromatic heterocycles. The Labute approximate surface area is 178 Å². The summed E-state index contributed by atoms with van der Waals surface area (Å²) < 4.78 is 5.15. The highest BCUT2D eigenvalue weighted by Gasteiger charge is 2.21. The summed E-state index contributed by atoms with van der Waals surface area (Å²) in [6.45, 7) is -0.152. The largest absolute Gasteiger partial charge is 0.497 e. The lowest BCUT2D eigenvalue weighted by Crippen LogP contribution is -2.36. The van der Waals surface area contributed by atoms with E-state index in [9.17, 15) is 14.4 Å². The van der Waals surface area contributed by atoms with Crippen LogP contribution in [0.15, 0.2) is 60.7 Å². The number of carbonyl (C=O) groups is 3. The molecule has 0 fully saturated rings. The summed E-state index contributed by atoms with van der Waals surface area (Å²) in [5, 5.41) is 0. The average molecular weight is 423 g/mol. The monoisotopic (exact) mass is 422 g/mol. The molecule has 0 bridgehead atoms. The summed E-state index contributed by atoms with van der Waals surface area (Å²) in [5.41, 5.74) is 7.40. The van der Waals surface area contributed by atoms with E-state index in [1.807, 2.05) is 30.3 Å². The van der Waals surface area contributed by atoms with Gasteiger partial charge < -0.3 is 15.4 Å². The van der Waals surface area contributed by atoms with E-state index in [4.69, 9.17) is 10.5 Å². The lowest BCUT2D eigenvalue weighted by molar-refractivity contribution is -0.133. The van der Waals surface area contributed by atoms with Crippen molar-refractivity contribution in [1.82, 2.24) is 4.90 Å². The van der Waals surface area contributed by atoms with Gasteiger partial charge in [0.25, 0.3) is 0 Å². The number of primary amides is 1. The van der Waals surface area contributed by atoms with E-state index < -0.39 is 5.91 Å². The quantitative estimate of drug-likeness (QED) is 0.565. The van der Waals surface area contributed by atoms with Crippen LogP contribution in [-0.4, -0.2) is 43.2 Å². The smallest absolute Gasteiger partial charge is 0.237 e. The summed E-state index contributed by atoms with van der Waals surface area (Å²) in [7, 11) is 3.10. The van der Waals surface area contributed by atoms with Crippen LogP contribution in [0.25, 0.3) is 10.4 Å². The van der Waals surface area contributed by atoms with Crippen LogP contribution in [0.2, 0.25) is 0 Å². The Kier molecular flexibility index (Phi) is 6.64. The number of likely N-dealkylation sites (N-methyl/N-ethyl adjacent to an activating group) is 1. The van der Waals surface area contributed by atoms with Gasteiger partial charge in [-0.1, -0.05) is 30.3 Å². The van der Waals surface area contributed by atoms with Gasteiger partial charge in [-0.25, -0.2) is 0 Å². The number of amides is 2. The van der Waals surface area contributed by atoms with E-state index in [1.165, 1.54) is 23.3 Å². The number of benzene rings is 2. The molecule has 6 nitrogen and oxygen atoms in total. The molecule has 30 heavy (non-hydrogen) atoms. The van der Waals surface area contributed by atoms with Gasteiger partial charge in [0, 0.05) is 17.5 Å². The van der Waals surface area contributed by atoms with Gasteiger partial charge in [0.2, 0.25) is 17.6 Å². The number of hydrogen-bond donors (Lipinski definition) is 1. The molecule has 2 N–H and O–H groups in total. The summed E-state index contributed by atoms with van der Waals surface area (Å²) in [4.78, 5) is 39.4. The molecule has 0 saturated heterocycles. The Morgan fingerprint density at radius 1 is 1.03 bits per heavy atom. The highest BCUT2D eigenvalue weighted by Crippen LogP contribution is 2.34. The first kappa shape index (κ1) is 21.3. The van der Waals surface area contributed by atoms with Crippen LogP contribution in [0, 0.1) is 0 Å². The second kappa shape index (κ2) is 9.37. The maximum atomic E-state index is 13.0. The van der Waals surface area contributed by atoms with Crippen LogP contribution in [0.3, 0.4) is 0 Å². The van der Waals surface area contributed by atoms with Crippen LogP contribution in [-0.2, 0) is 16.0 Å². The van der Waals surface area contributed by atoms with Crippen LogP contribution < -0.4 is 10.5 Å². The highest BCUT2D eigenvalue weighted by atomic mass is 32.1. The number of nitrogens with two attached hydrogens (primary N) is 1. The van der Waals surface area contributed by atoms with Crippen LogP contribution in [0.1, 0.15) is 20.8 Å². The van der Waals surface area contributed by atoms with Gasteiger partial charge in [-0.05, 0) is 41.5 Å². The molecule has 0 saturated carbocycles. The fourth-order valence-electron chi connectivity index (χ4n) is 3.01. The maximum Gasteiger partial charge on any atom is 0.237 e. The molecule has 2 amide bonds. The van der Waals surface area contributed by atoms with Gasteiger partial charge in [0.05, 0.1) is 25.0 Å². The summed E-state index contributed by atoms with van der Waals surface area (Å²) in [6.07, 6.45) is 0.0698. The van der Waals surface area contributed by atoms with Crippen molar-refractivity contribution < 1.29 is 19.1 Å². The first-order chi connectivity index (χ1) is 14.4. The Bertz CT molecular complexity index is 1060. The van der Waals surface area contributed by atoms with Crippen molar-refractivity contribution in [2.75, 3.05) is 20.7 Å². The number of hydrogen-bond acceptors (Lipinski definition) is 5. The van der Waals surface area contributed by atoms with Gasteiger partial charge >= 0.3 is 0 Å². The van der Waals surface area contributed by atoms with Crippen molar-refractivity contribution in [2.45, 2.75) is 6.42 Å². The summed E-state index contributed by atoms with van der Waals surface area (Å²) in [5.74, 6) is -0.266. The minimum Gasteiger partial charge on any atom is -0.497 e. The molecular formula is C23H22N2O4S. The highest BCUT2D eigenvalue weighted by molar-refractivity contribution is 7.17. The van der Waals surface area contributed by atoms with Gasteiger partial charge in [-0.15, -0.1) is 11.3 Å². The van der Waals surface area contributed by atoms with E-state index in [0.717, 1.165) is 16.0 Å². The van der Waals surface area contributed by atoms with E-state index in [1.54, 1.807) is 37.4 Å². The van der Waals surface area contributed by atoms with Crippen molar-refractivity contribution in [3.8, 4) is 16.2 Å². The third-order valence-electron chi connectivity index (χ3n) is 4.58. The predicted octanol–water partition coefficient (Wildman–Crippen LogP) is 3.14. The Balaban J connectivity index is 1.94. The van der Waals surface area contributed by atoms with Crippen LogP contribution in [0.5, 0.6) is 5.75 Å². The number of ketones is 1. The second-order valence-electron chi connectivity index (χ2n) is 6.78. The van der Waals surface area contributed by atoms with Crippen LogP contribution >= 0.6 is 11.3 Å². The normalized spacial score (nSPS) is 10.5. The molecule has 0 aliphatic heterocycles. The molecule has 0 spiro atoms. The molecule has 0 atom stereocenters. The van der Waals surface area contributed by atoms with Crippen molar-refractivity contribution >= 4 is 28.9 Å². The van der Waals surface area contributed by atoms with E-state index in [0.29, 0.717) is 16.2 Å². The second-order valence-corrected chi connectivity index (χ2v) is 7.83. The Morgan fingerprint density at radius 3 is 2.30 bits per heavy atom. The fraction of sp³-hybridized carbons (Fsp3) is 0.174. The molecule has 154 valence electrons. The van der Waals surface area contributed by atoms with Gasteiger partial charge in [-0.2, -0.15) is 0 Å². The number of ether oxygens (including phenoxy) is 1. The molecule has 0 aliphatic rings. The fourth-order valence-corrected chi connectivity index (χ4v) is 4.16. The molecule has 1 heterocycles.